The summed E-state index contributed by atoms with van der Waals surface area (Å²) in [5.74, 6) is -0.176. The summed E-state index contributed by atoms with van der Waals surface area (Å²) in [4.78, 5) is 12.8. The zero-order valence-electron chi connectivity index (χ0n) is 9.25. The van der Waals surface area contributed by atoms with Gasteiger partial charge >= 0.3 is 5.97 Å². The molecule has 82 valence electrons. The molecule has 0 radical (unpaired) electrons. The van der Waals surface area contributed by atoms with Gasteiger partial charge in [0.2, 0.25) is 0 Å². The second-order valence-corrected chi connectivity index (χ2v) is 3.94. The molecule has 4 heteroatoms. The number of rotatable bonds is 5. The van der Waals surface area contributed by atoms with E-state index in [4.69, 9.17) is 4.74 Å². The molecule has 1 saturated heterocycles. The fraction of sp³-hybridized carbons (Fsp3) is 0.900. The van der Waals surface area contributed by atoms with Crippen LogP contribution < -0.4 is 5.32 Å². The number of likely N-dealkylation sites (tertiary alicyclic amines) is 1. The van der Waals surface area contributed by atoms with E-state index >= 15 is 0 Å². The molecule has 0 aromatic rings. The smallest absolute Gasteiger partial charge is 0.302 e. The molecule has 0 bridgehead atoms. The van der Waals surface area contributed by atoms with E-state index in [1.807, 2.05) is 0 Å². The number of nitrogens with zero attached hydrogens (tertiary/aromatic N) is 1. The Labute approximate surface area is 85.6 Å². The van der Waals surface area contributed by atoms with Crippen molar-refractivity contribution in [3.05, 3.63) is 0 Å². The van der Waals surface area contributed by atoms with Crippen molar-refractivity contribution in [1.82, 2.24) is 10.2 Å². The Morgan fingerprint density at radius 1 is 1.64 bits per heavy atom. The standard InChI is InChI=1S/C10H20N2O2/c1-4-8(2)11-7-12-5-10(6-12)14-9(3)13/h8,10-11H,4-7H2,1-3H3. The Balaban J connectivity index is 2.01. The quantitative estimate of drug-likeness (QED) is 0.659. The number of ether oxygens (including phenoxy) is 1. The minimum Gasteiger partial charge on any atom is -0.460 e. The van der Waals surface area contributed by atoms with Gasteiger partial charge in [-0.15, -0.1) is 0 Å². The van der Waals surface area contributed by atoms with Gasteiger partial charge in [-0.3, -0.25) is 9.69 Å². The highest BCUT2D eigenvalue weighted by Gasteiger charge is 2.28. The fourth-order valence-electron chi connectivity index (χ4n) is 1.39. The van der Waals surface area contributed by atoms with Crippen LogP contribution in [0.5, 0.6) is 0 Å². The first-order chi connectivity index (χ1) is 6.61. The summed E-state index contributed by atoms with van der Waals surface area (Å²) < 4.78 is 5.04. The monoisotopic (exact) mass is 200 g/mol. The van der Waals surface area contributed by atoms with Gasteiger partial charge in [0.15, 0.2) is 0 Å². The van der Waals surface area contributed by atoms with Crippen LogP contribution in [0.25, 0.3) is 0 Å². The maximum atomic E-state index is 10.6. The maximum absolute atomic E-state index is 10.6. The van der Waals surface area contributed by atoms with Crippen LogP contribution in [0.2, 0.25) is 0 Å². The van der Waals surface area contributed by atoms with Gasteiger partial charge in [0.25, 0.3) is 0 Å². The number of hydrogen-bond acceptors (Lipinski definition) is 4. The van der Waals surface area contributed by atoms with Crippen LogP contribution in [0.15, 0.2) is 0 Å². The van der Waals surface area contributed by atoms with Crippen LogP contribution >= 0.6 is 0 Å². The lowest BCUT2D eigenvalue weighted by molar-refractivity contribution is -0.154. The molecule has 4 nitrogen and oxygen atoms in total. The van der Waals surface area contributed by atoms with E-state index in [2.05, 4.69) is 24.1 Å². The van der Waals surface area contributed by atoms with Crippen LogP contribution in [-0.4, -0.2) is 42.8 Å². The Kier molecular flexibility index (Phi) is 4.35. The molecular weight excluding hydrogens is 180 g/mol. The largest absolute Gasteiger partial charge is 0.460 e. The first-order valence-electron chi connectivity index (χ1n) is 5.24. The van der Waals surface area contributed by atoms with E-state index in [0.717, 1.165) is 26.2 Å². The molecule has 0 saturated carbocycles. The lowest BCUT2D eigenvalue weighted by Crippen LogP contribution is -2.56. The van der Waals surface area contributed by atoms with Crippen LogP contribution in [0.4, 0.5) is 0 Å². The SMILES string of the molecule is CCC(C)NCN1CC(OC(C)=O)C1. The maximum Gasteiger partial charge on any atom is 0.302 e. The van der Waals surface area contributed by atoms with Gasteiger partial charge in [-0.2, -0.15) is 0 Å². The number of hydrogen-bond donors (Lipinski definition) is 1. The average molecular weight is 200 g/mol. The number of nitrogens with one attached hydrogen (secondary N) is 1. The normalized spacial score (nSPS) is 20.2. The second-order valence-electron chi connectivity index (χ2n) is 3.94. The molecule has 1 fully saturated rings. The van der Waals surface area contributed by atoms with Crippen molar-refractivity contribution in [1.29, 1.82) is 0 Å². The van der Waals surface area contributed by atoms with E-state index in [0.29, 0.717) is 6.04 Å². The molecule has 0 aliphatic carbocycles. The summed E-state index contributed by atoms with van der Waals surface area (Å²) in [6.45, 7) is 8.41. The Morgan fingerprint density at radius 2 is 2.29 bits per heavy atom. The van der Waals surface area contributed by atoms with Crippen molar-refractivity contribution in [2.75, 3.05) is 19.8 Å². The van der Waals surface area contributed by atoms with Gasteiger partial charge in [-0.05, 0) is 13.3 Å². The average Bonchev–Trinajstić information content (AvgIpc) is 2.07. The van der Waals surface area contributed by atoms with Crippen molar-refractivity contribution in [2.45, 2.75) is 39.3 Å². The van der Waals surface area contributed by atoms with Crippen LogP contribution in [0, 0.1) is 0 Å². The highest BCUT2D eigenvalue weighted by molar-refractivity contribution is 5.66. The Bertz CT molecular complexity index is 191. The Morgan fingerprint density at radius 3 is 2.79 bits per heavy atom. The second kappa shape index (κ2) is 5.32. The van der Waals surface area contributed by atoms with E-state index < -0.39 is 0 Å². The molecule has 1 atom stereocenters. The van der Waals surface area contributed by atoms with E-state index in [1.165, 1.54) is 6.92 Å². The topological polar surface area (TPSA) is 41.6 Å². The van der Waals surface area contributed by atoms with Crippen molar-refractivity contribution in [2.24, 2.45) is 0 Å². The Hall–Kier alpha value is -0.610. The van der Waals surface area contributed by atoms with Crippen molar-refractivity contribution >= 4 is 5.97 Å². The number of carbonyl (C=O) groups is 1. The molecule has 1 aliphatic rings. The molecular formula is C10H20N2O2. The molecule has 1 heterocycles. The first kappa shape index (κ1) is 11.5. The van der Waals surface area contributed by atoms with Crippen molar-refractivity contribution in [3.63, 3.8) is 0 Å². The molecule has 1 aliphatic heterocycles. The molecule has 0 amide bonds. The van der Waals surface area contributed by atoms with Crippen molar-refractivity contribution in [3.8, 4) is 0 Å². The first-order valence-corrected chi connectivity index (χ1v) is 5.24. The van der Waals surface area contributed by atoms with E-state index in [1.54, 1.807) is 0 Å². The summed E-state index contributed by atoms with van der Waals surface area (Å²) in [6, 6.07) is 0.558. The number of carbonyl (C=O) groups excluding carboxylic acids is 1. The highest BCUT2D eigenvalue weighted by atomic mass is 16.5. The number of esters is 1. The molecule has 0 aromatic carbocycles. The van der Waals surface area contributed by atoms with Gasteiger partial charge in [0.1, 0.15) is 6.10 Å². The van der Waals surface area contributed by atoms with Crippen LogP contribution in [0.3, 0.4) is 0 Å². The molecule has 0 spiro atoms. The molecule has 1 unspecified atom stereocenters. The molecule has 1 rings (SSSR count). The van der Waals surface area contributed by atoms with Crippen LogP contribution in [0.1, 0.15) is 27.2 Å². The van der Waals surface area contributed by atoms with E-state index in [-0.39, 0.29) is 12.1 Å². The van der Waals surface area contributed by atoms with Crippen LogP contribution in [-0.2, 0) is 9.53 Å². The minimum absolute atomic E-state index is 0.117. The zero-order chi connectivity index (χ0) is 10.6. The fourth-order valence-corrected chi connectivity index (χ4v) is 1.39. The van der Waals surface area contributed by atoms with Gasteiger partial charge in [0.05, 0.1) is 0 Å². The van der Waals surface area contributed by atoms with Gasteiger partial charge in [-0.1, -0.05) is 6.92 Å². The molecule has 1 N–H and O–H groups in total. The third-order valence-corrected chi connectivity index (χ3v) is 2.53. The van der Waals surface area contributed by atoms with Gasteiger partial charge in [0, 0.05) is 32.7 Å². The predicted molar refractivity (Wildman–Crippen MR) is 54.9 cm³/mol. The third-order valence-electron chi connectivity index (χ3n) is 2.53. The van der Waals surface area contributed by atoms with E-state index in [9.17, 15) is 4.79 Å². The summed E-state index contributed by atoms with van der Waals surface area (Å²) in [5.41, 5.74) is 0. The lowest BCUT2D eigenvalue weighted by atomic mass is 10.2. The summed E-state index contributed by atoms with van der Waals surface area (Å²) in [6.07, 6.45) is 1.26. The molecule has 0 aromatic heterocycles. The predicted octanol–water partition coefficient (Wildman–Crippen LogP) is 0.579. The lowest BCUT2D eigenvalue weighted by Gasteiger charge is -2.38. The molecule has 14 heavy (non-hydrogen) atoms. The third kappa shape index (κ3) is 3.64. The van der Waals surface area contributed by atoms with Gasteiger partial charge < -0.3 is 10.1 Å². The van der Waals surface area contributed by atoms with Crippen molar-refractivity contribution < 1.29 is 9.53 Å². The summed E-state index contributed by atoms with van der Waals surface area (Å²) in [7, 11) is 0. The zero-order valence-corrected chi connectivity index (χ0v) is 9.25. The summed E-state index contributed by atoms with van der Waals surface area (Å²) >= 11 is 0. The minimum atomic E-state index is -0.176. The van der Waals surface area contributed by atoms with Gasteiger partial charge in [-0.25, -0.2) is 0 Å². The summed E-state index contributed by atoms with van der Waals surface area (Å²) in [5, 5.41) is 3.39. The highest BCUT2D eigenvalue weighted by Crippen LogP contribution is 2.10.